The van der Waals surface area contributed by atoms with Crippen LogP contribution in [0.4, 0.5) is 23.7 Å². The van der Waals surface area contributed by atoms with Crippen molar-refractivity contribution in [2.24, 2.45) is 7.05 Å². The molecule has 0 radical (unpaired) electrons. The summed E-state index contributed by atoms with van der Waals surface area (Å²) in [4.78, 5) is 22.5. The largest absolute Gasteiger partial charge is 0.469 e. The Morgan fingerprint density at radius 2 is 1.86 bits per heavy atom. The van der Waals surface area contributed by atoms with Gasteiger partial charge in [-0.3, -0.25) is 4.68 Å². The SMILES string of the molecule is C[C@@H](c1cnc(OCc2ncn(C)n2)c2cc(F)c(F)cc12)N(C)C(=O)Nc1ccc(F)c(Cl)c1. The predicted octanol–water partition coefficient (Wildman–Crippen LogP) is 5.24. The molecule has 0 spiro atoms. The molecule has 182 valence electrons. The van der Waals surface area contributed by atoms with Crippen LogP contribution in [0.3, 0.4) is 0 Å². The first-order valence-corrected chi connectivity index (χ1v) is 10.8. The number of carbonyl (C=O) groups excluding carboxylic acids is 1. The lowest BCUT2D eigenvalue weighted by molar-refractivity contribution is 0.208. The second-order valence-corrected chi connectivity index (χ2v) is 8.21. The van der Waals surface area contributed by atoms with Crippen molar-refractivity contribution in [1.82, 2.24) is 24.6 Å². The number of hydrogen-bond acceptors (Lipinski definition) is 5. The minimum Gasteiger partial charge on any atom is -0.469 e. The molecule has 0 aliphatic rings. The highest BCUT2D eigenvalue weighted by molar-refractivity contribution is 6.31. The van der Waals surface area contributed by atoms with Gasteiger partial charge in [0.2, 0.25) is 5.88 Å². The summed E-state index contributed by atoms with van der Waals surface area (Å²) < 4.78 is 48.9. The lowest BCUT2D eigenvalue weighted by Crippen LogP contribution is -2.33. The van der Waals surface area contributed by atoms with E-state index in [9.17, 15) is 18.0 Å². The topological polar surface area (TPSA) is 85.2 Å². The number of aryl methyl sites for hydroxylation is 1. The maximum Gasteiger partial charge on any atom is 0.322 e. The monoisotopic (exact) mass is 504 g/mol. The molecule has 0 saturated carbocycles. The summed E-state index contributed by atoms with van der Waals surface area (Å²) in [6.45, 7) is 1.67. The van der Waals surface area contributed by atoms with Gasteiger partial charge in [-0.2, -0.15) is 5.10 Å². The van der Waals surface area contributed by atoms with E-state index in [2.05, 4.69) is 20.4 Å². The molecule has 2 aromatic carbocycles. The van der Waals surface area contributed by atoms with E-state index in [0.717, 1.165) is 18.2 Å². The van der Waals surface area contributed by atoms with Crippen molar-refractivity contribution in [3.05, 3.63) is 76.7 Å². The van der Waals surface area contributed by atoms with Crippen LogP contribution in [0.5, 0.6) is 5.88 Å². The molecule has 2 aromatic heterocycles. The van der Waals surface area contributed by atoms with Crippen molar-refractivity contribution in [2.45, 2.75) is 19.6 Å². The van der Waals surface area contributed by atoms with Gasteiger partial charge in [0, 0.05) is 36.9 Å². The number of fused-ring (bicyclic) bond motifs is 1. The van der Waals surface area contributed by atoms with Crippen LogP contribution in [0.15, 0.2) is 42.9 Å². The molecule has 0 unspecified atom stereocenters. The van der Waals surface area contributed by atoms with Crippen molar-refractivity contribution in [3.8, 4) is 5.88 Å². The summed E-state index contributed by atoms with van der Waals surface area (Å²) in [5.74, 6) is -2.28. The molecular formula is C23H20ClF3N6O2. The van der Waals surface area contributed by atoms with Crippen LogP contribution in [0.1, 0.15) is 24.4 Å². The Hall–Kier alpha value is -3.86. The van der Waals surface area contributed by atoms with Crippen molar-refractivity contribution < 1.29 is 22.7 Å². The molecule has 8 nitrogen and oxygen atoms in total. The smallest absolute Gasteiger partial charge is 0.322 e. The number of anilines is 1. The molecule has 2 heterocycles. The second kappa shape index (κ2) is 9.79. The molecule has 0 saturated heterocycles. The number of benzene rings is 2. The lowest BCUT2D eigenvalue weighted by atomic mass is 10.0. The summed E-state index contributed by atoms with van der Waals surface area (Å²) >= 11 is 5.77. The van der Waals surface area contributed by atoms with Gasteiger partial charge in [0.25, 0.3) is 0 Å². The minimum absolute atomic E-state index is 0.0284. The number of urea groups is 1. The van der Waals surface area contributed by atoms with Crippen molar-refractivity contribution in [3.63, 3.8) is 0 Å². The van der Waals surface area contributed by atoms with Gasteiger partial charge in [0.1, 0.15) is 12.1 Å². The van der Waals surface area contributed by atoms with Gasteiger partial charge in [-0.1, -0.05) is 11.6 Å². The normalized spacial score (nSPS) is 12.0. The molecule has 4 rings (SSSR count). The molecule has 35 heavy (non-hydrogen) atoms. The standard InChI is InChI=1S/C23H20ClF3N6O2/c1-12(33(3)23(34)30-13-4-5-18(25)17(24)6-13)16-9-28-22(35-10-21-29-11-32(2)31-21)15-8-20(27)19(26)7-14(15)16/h4-9,11-12H,10H2,1-3H3,(H,30,34)/t12-/m0/s1. The van der Waals surface area contributed by atoms with Crippen LogP contribution in [-0.2, 0) is 13.7 Å². The van der Waals surface area contributed by atoms with Gasteiger partial charge in [-0.25, -0.2) is 27.9 Å². The van der Waals surface area contributed by atoms with Crippen LogP contribution in [0, 0.1) is 17.5 Å². The van der Waals surface area contributed by atoms with E-state index in [1.807, 2.05) is 0 Å². The number of halogens is 4. The highest BCUT2D eigenvalue weighted by atomic mass is 35.5. The third-order valence-electron chi connectivity index (χ3n) is 5.43. The first-order chi connectivity index (χ1) is 16.6. The number of nitrogens with zero attached hydrogens (tertiary/aromatic N) is 5. The number of pyridine rings is 1. The number of amides is 2. The fourth-order valence-electron chi connectivity index (χ4n) is 3.43. The maximum atomic E-state index is 14.2. The molecule has 1 N–H and O–H groups in total. The van der Waals surface area contributed by atoms with Gasteiger partial charge in [0.05, 0.1) is 11.1 Å². The van der Waals surface area contributed by atoms with Gasteiger partial charge >= 0.3 is 6.03 Å². The average Bonchev–Trinajstić information content (AvgIpc) is 3.24. The zero-order valence-corrected chi connectivity index (χ0v) is 19.6. The minimum atomic E-state index is -1.07. The highest BCUT2D eigenvalue weighted by Gasteiger charge is 2.23. The third-order valence-corrected chi connectivity index (χ3v) is 5.72. The fraction of sp³-hybridized carbons (Fsp3) is 0.217. The number of rotatable bonds is 6. The molecule has 2 amide bonds. The van der Waals surface area contributed by atoms with Crippen LogP contribution in [0.25, 0.3) is 10.8 Å². The number of hydrogen-bond donors (Lipinski definition) is 1. The molecule has 4 aromatic rings. The van der Waals surface area contributed by atoms with E-state index < -0.39 is 29.5 Å². The van der Waals surface area contributed by atoms with E-state index in [4.69, 9.17) is 16.3 Å². The van der Waals surface area contributed by atoms with Crippen molar-refractivity contribution in [2.75, 3.05) is 12.4 Å². The Balaban J connectivity index is 1.62. The quantitative estimate of drug-likeness (QED) is 0.388. The number of aromatic nitrogens is 4. The van der Waals surface area contributed by atoms with Crippen LogP contribution in [-0.4, -0.2) is 37.7 Å². The highest BCUT2D eigenvalue weighted by Crippen LogP contribution is 2.34. The summed E-state index contributed by atoms with van der Waals surface area (Å²) in [5.41, 5.74) is 0.750. The van der Waals surface area contributed by atoms with E-state index >= 15 is 0 Å². The van der Waals surface area contributed by atoms with Gasteiger partial charge in [-0.05, 0) is 42.6 Å². The average molecular weight is 505 g/mol. The molecule has 0 aliphatic heterocycles. The Morgan fingerprint density at radius 3 is 2.51 bits per heavy atom. The van der Waals surface area contributed by atoms with Crippen molar-refractivity contribution in [1.29, 1.82) is 0 Å². The predicted molar refractivity (Wildman–Crippen MR) is 124 cm³/mol. The Morgan fingerprint density at radius 1 is 1.14 bits per heavy atom. The van der Waals surface area contributed by atoms with E-state index in [0.29, 0.717) is 22.5 Å². The summed E-state index contributed by atoms with van der Waals surface area (Å²) in [5, 5.41) is 7.14. The first kappa shape index (κ1) is 24.3. The number of carbonyl (C=O) groups is 1. The summed E-state index contributed by atoms with van der Waals surface area (Å²) in [6, 6.07) is 4.68. The van der Waals surface area contributed by atoms with E-state index in [1.54, 1.807) is 14.0 Å². The summed E-state index contributed by atoms with van der Waals surface area (Å²) in [6.07, 6.45) is 2.94. The maximum absolute atomic E-state index is 14.2. The molecule has 12 heteroatoms. The van der Waals surface area contributed by atoms with Crippen LogP contribution < -0.4 is 10.1 Å². The van der Waals surface area contributed by atoms with E-state index in [-0.39, 0.29) is 22.9 Å². The Bertz CT molecular complexity index is 1410. The third kappa shape index (κ3) is 5.14. The van der Waals surface area contributed by atoms with Gasteiger partial charge in [0.15, 0.2) is 24.1 Å². The number of nitrogens with one attached hydrogen (secondary N) is 1. The Kier molecular flexibility index (Phi) is 6.79. The van der Waals surface area contributed by atoms with Crippen LogP contribution in [0.2, 0.25) is 5.02 Å². The molecule has 0 fully saturated rings. The molecule has 0 bridgehead atoms. The summed E-state index contributed by atoms with van der Waals surface area (Å²) in [7, 11) is 3.23. The lowest BCUT2D eigenvalue weighted by Gasteiger charge is -2.26. The van der Waals surface area contributed by atoms with Crippen LogP contribution >= 0.6 is 11.6 Å². The Labute approximate surface area is 203 Å². The molecular weight excluding hydrogens is 485 g/mol. The van der Waals surface area contributed by atoms with Gasteiger partial charge in [-0.15, -0.1) is 0 Å². The zero-order chi connectivity index (χ0) is 25.3. The molecule has 1 atom stereocenters. The van der Waals surface area contributed by atoms with Crippen molar-refractivity contribution >= 4 is 34.1 Å². The fourth-order valence-corrected chi connectivity index (χ4v) is 3.61. The first-order valence-electron chi connectivity index (χ1n) is 10.4. The second-order valence-electron chi connectivity index (χ2n) is 7.80. The zero-order valence-electron chi connectivity index (χ0n) is 18.9. The van der Waals surface area contributed by atoms with Gasteiger partial charge < -0.3 is 15.0 Å². The molecule has 0 aliphatic carbocycles. The number of ether oxygens (including phenoxy) is 1. The van der Waals surface area contributed by atoms with E-state index in [1.165, 1.54) is 41.3 Å².